The molecular weight excluding hydrogens is 228 g/mol. The van der Waals surface area contributed by atoms with Crippen molar-refractivity contribution in [2.75, 3.05) is 0 Å². The predicted octanol–water partition coefficient (Wildman–Crippen LogP) is 3.25. The van der Waals surface area contributed by atoms with Gasteiger partial charge < -0.3 is 14.2 Å². The molecule has 0 aliphatic rings. The summed E-state index contributed by atoms with van der Waals surface area (Å²) in [6.07, 6.45) is 5.43. The molecule has 2 aromatic heterocycles. The van der Waals surface area contributed by atoms with Crippen molar-refractivity contribution in [3.63, 3.8) is 0 Å². The van der Waals surface area contributed by atoms with E-state index < -0.39 is 0 Å². The number of nitrogens with zero attached hydrogens (tertiary/aromatic N) is 1. The van der Waals surface area contributed by atoms with Crippen molar-refractivity contribution in [3.8, 4) is 0 Å². The van der Waals surface area contributed by atoms with Crippen molar-refractivity contribution < 1.29 is 8.83 Å². The van der Waals surface area contributed by atoms with Crippen molar-refractivity contribution in [1.29, 1.82) is 0 Å². The van der Waals surface area contributed by atoms with Gasteiger partial charge in [-0.3, -0.25) is 0 Å². The lowest BCUT2D eigenvalue weighted by Gasteiger charge is -2.17. The quantitative estimate of drug-likeness (QED) is 0.852. The van der Waals surface area contributed by atoms with Gasteiger partial charge >= 0.3 is 0 Å². The molecule has 2 rings (SSSR count). The first-order valence-electron chi connectivity index (χ1n) is 6.36. The lowest BCUT2D eigenvalue weighted by Crippen LogP contribution is -2.29. The van der Waals surface area contributed by atoms with Crippen LogP contribution in [0.2, 0.25) is 0 Å². The molecule has 98 valence electrons. The fourth-order valence-electron chi connectivity index (χ4n) is 1.97. The Morgan fingerprint density at radius 3 is 2.83 bits per heavy atom. The van der Waals surface area contributed by atoms with E-state index >= 15 is 0 Å². The van der Waals surface area contributed by atoms with E-state index in [0.29, 0.717) is 6.04 Å². The molecule has 0 radical (unpaired) electrons. The average Bonchev–Trinajstić information content (AvgIpc) is 2.97. The number of hydrogen-bond donors (Lipinski definition) is 1. The summed E-state index contributed by atoms with van der Waals surface area (Å²) >= 11 is 0. The highest BCUT2D eigenvalue weighted by molar-refractivity contribution is 4.99. The Hall–Kier alpha value is -1.55. The van der Waals surface area contributed by atoms with Gasteiger partial charge in [-0.05, 0) is 39.3 Å². The lowest BCUT2D eigenvalue weighted by molar-refractivity contribution is 0.364. The summed E-state index contributed by atoms with van der Waals surface area (Å²) in [6, 6.07) is 4.45. The van der Waals surface area contributed by atoms with Crippen molar-refractivity contribution in [1.82, 2.24) is 10.3 Å². The summed E-state index contributed by atoms with van der Waals surface area (Å²) < 4.78 is 10.8. The number of hydrogen-bond acceptors (Lipinski definition) is 4. The normalized spacial score (nSPS) is 14.6. The molecule has 2 atom stereocenters. The second kappa shape index (κ2) is 5.87. The fourth-order valence-corrected chi connectivity index (χ4v) is 1.97. The molecule has 0 fully saturated rings. The highest BCUT2D eigenvalue weighted by Crippen LogP contribution is 2.14. The third-order valence-electron chi connectivity index (χ3n) is 2.95. The minimum atomic E-state index is 0.130. The molecule has 18 heavy (non-hydrogen) atoms. The number of aryl methyl sites for hydroxylation is 2. The van der Waals surface area contributed by atoms with Gasteiger partial charge in [-0.1, -0.05) is 0 Å². The molecule has 1 N–H and O–H groups in total. The zero-order chi connectivity index (χ0) is 13.0. The lowest BCUT2D eigenvalue weighted by atomic mass is 10.1. The molecule has 2 aromatic rings. The maximum absolute atomic E-state index is 5.50. The van der Waals surface area contributed by atoms with E-state index in [4.69, 9.17) is 8.83 Å². The summed E-state index contributed by atoms with van der Waals surface area (Å²) in [5.74, 6) is 2.63. The minimum Gasteiger partial charge on any atom is -0.469 e. The van der Waals surface area contributed by atoms with E-state index in [2.05, 4.69) is 24.1 Å². The largest absolute Gasteiger partial charge is 0.469 e. The topological polar surface area (TPSA) is 51.2 Å². The van der Waals surface area contributed by atoms with E-state index in [-0.39, 0.29) is 6.04 Å². The van der Waals surface area contributed by atoms with E-state index in [0.717, 1.165) is 30.3 Å². The van der Waals surface area contributed by atoms with Crippen molar-refractivity contribution in [2.45, 2.75) is 45.7 Å². The van der Waals surface area contributed by atoms with Crippen molar-refractivity contribution in [2.24, 2.45) is 0 Å². The van der Waals surface area contributed by atoms with Gasteiger partial charge in [0.05, 0.1) is 18.5 Å². The molecule has 0 saturated heterocycles. The Labute approximate surface area is 107 Å². The number of oxazole rings is 1. The van der Waals surface area contributed by atoms with E-state index in [9.17, 15) is 0 Å². The first-order valence-corrected chi connectivity index (χ1v) is 6.36. The molecule has 0 bridgehead atoms. The number of aromatic nitrogens is 1. The molecule has 0 spiro atoms. The second-order valence-corrected chi connectivity index (χ2v) is 4.72. The monoisotopic (exact) mass is 248 g/mol. The maximum Gasteiger partial charge on any atom is 0.211 e. The predicted molar refractivity (Wildman–Crippen MR) is 69.3 cm³/mol. The average molecular weight is 248 g/mol. The Morgan fingerprint density at radius 1 is 1.39 bits per heavy atom. The van der Waals surface area contributed by atoms with Crippen LogP contribution in [0.3, 0.4) is 0 Å². The first kappa shape index (κ1) is 12.9. The molecule has 0 aromatic carbocycles. The molecule has 4 heteroatoms. The molecule has 4 nitrogen and oxygen atoms in total. The van der Waals surface area contributed by atoms with Crippen LogP contribution in [-0.4, -0.2) is 11.0 Å². The molecular formula is C14H20N2O2. The number of nitrogens with one attached hydrogen (secondary N) is 1. The molecule has 0 aliphatic heterocycles. The maximum atomic E-state index is 5.50. The van der Waals surface area contributed by atoms with Gasteiger partial charge in [0.2, 0.25) is 5.89 Å². The highest BCUT2D eigenvalue weighted by Gasteiger charge is 2.14. The van der Waals surface area contributed by atoms with Gasteiger partial charge in [0, 0.05) is 12.5 Å². The van der Waals surface area contributed by atoms with E-state index in [1.807, 2.05) is 19.1 Å². The summed E-state index contributed by atoms with van der Waals surface area (Å²) in [6.45, 7) is 6.13. The van der Waals surface area contributed by atoms with Gasteiger partial charge in [-0.2, -0.15) is 0 Å². The molecule has 2 heterocycles. The van der Waals surface area contributed by atoms with E-state index in [1.165, 1.54) is 0 Å². The van der Waals surface area contributed by atoms with Crippen LogP contribution < -0.4 is 5.32 Å². The number of furan rings is 1. The van der Waals surface area contributed by atoms with Gasteiger partial charge in [0.25, 0.3) is 0 Å². The smallest absolute Gasteiger partial charge is 0.211 e. The fraction of sp³-hybridized carbons (Fsp3) is 0.500. The Balaban J connectivity index is 1.78. The highest BCUT2D eigenvalue weighted by atomic mass is 16.4. The standard InChI is InChI=1S/C14H20N2O2/c1-10(6-7-13-5-4-8-17-13)16-12(3)14-15-9-11(2)18-14/h4-5,8-10,12,16H,6-7H2,1-3H3. The van der Waals surface area contributed by atoms with E-state index in [1.54, 1.807) is 12.5 Å². The van der Waals surface area contributed by atoms with Crippen LogP contribution in [0.1, 0.15) is 43.7 Å². The van der Waals surface area contributed by atoms with Crippen LogP contribution in [0.25, 0.3) is 0 Å². The van der Waals surface area contributed by atoms with Crippen LogP contribution >= 0.6 is 0 Å². The summed E-state index contributed by atoms with van der Waals surface area (Å²) in [5.41, 5.74) is 0. The Kier molecular flexibility index (Phi) is 4.20. The molecule has 2 unspecified atom stereocenters. The summed E-state index contributed by atoms with van der Waals surface area (Å²) in [7, 11) is 0. The van der Waals surface area contributed by atoms with Gasteiger partial charge in [0.1, 0.15) is 11.5 Å². The Bertz CT molecular complexity index is 462. The summed E-state index contributed by atoms with van der Waals surface area (Å²) in [4.78, 5) is 4.23. The van der Waals surface area contributed by atoms with Crippen LogP contribution in [0.4, 0.5) is 0 Å². The van der Waals surface area contributed by atoms with Crippen LogP contribution in [0, 0.1) is 6.92 Å². The zero-order valence-electron chi connectivity index (χ0n) is 11.1. The van der Waals surface area contributed by atoms with Gasteiger partial charge in [-0.15, -0.1) is 0 Å². The molecule has 0 saturated carbocycles. The minimum absolute atomic E-state index is 0.130. The first-order chi connectivity index (χ1) is 8.65. The van der Waals surface area contributed by atoms with Gasteiger partial charge in [0.15, 0.2) is 0 Å². The van der Waals surface area contributed by atoms with Crippen LogP contribution in [-0.2, 0) is 6.42 Å². The second-order valence-electron chi connectivity index (χ2n) is 4.72. The molecule has 0 amide bonds. The number of rotatable bonds is 6. The Morgan fingerprint density at radius 2 is 2.22 bits per heavy atom. The van der Waals surface area contributed by atoms with Crippen molar-refractivity contribution in [3.05, 3.63) is 42.0 Å². The summed E-state index contributed by atoms with van der Waals surface area (Å²) in [5, 5.41) is 3.47. The SMILES string of the molecule is Cc1cnc(C(C)NC(C)CCc2ccco2)o1. The third-order valence-corrected chi connectivity index (χ3v) is 2.95. The van der Waals surface area contributed by atoms with Gasteiger partial charge in [-0.25, -0.2) is 4.98 Å². The van der Waals surface area contributed by atoms with Crippen LogP contribution in [0.5, 0.6) is 0 Å². The zero-order valence-corrected chi connectivity index (χ0v) is 11.1. The van der Waals surface area contributed by atoms with Crippen molar-refractivity contribution >= 4 is 0 Å². The molecule has 0 aliphatic carbocycles. The third kappa shape index (κ3) is 3.47. The van der Waals surface area contributed by atoms with Crippen LogP contribution in [0.15, 0.2) is 33.4 Å².